The van der Waals surface area contributed by atoms with Crippen molar-refractivity contribution in [2.24, 2.45) is 0 Å². The van der Waals surface area contributed by atoms with Gasteiger partial charge < -0.3 is 9.47 Å². The fourth-order valence-electron chi connectivity index (χ4n) is 1.54. The molecule has 0 amide bonds. The maximum absolute atomic E-state index is 12.5. The molecule has 22 heavy (non-hydrogen) atoms. The highest BCUT2D eigenvalue weighted by molar-refractivity contribution is 9.11. The summed E-state index contributed by atoms with van der Waals surface area (Å²) < 4.78 is 32.6. The molecule has 1 aromatic carbocycles. The maximum Gasteiger partial charge on any atom is 0.336 e. The van der Waals surface area contributed by atoms with E-state index in [1.807, 2.05) is 6.92 Å². The molecule has 1 rings (SSSR count). The third-order valence-electron chi connectivity index (χ3n) is 2.76. The summed E-state index contributed by atoms with van der Waals surface area (Å²) in [5.41, 5.74) is 0.526. The van der Waals surface area contributed by atoms with Crippen molar-refractivity contribution in [3.63, 3.8) is 0 Å². The highest BCUT2D eigenvalue weighted by Gasteiger charge is 2.33. The lowest BCUT2D eigenvalue weighted by Gasteiger charge is -2.14. The van der Waals surface area contributed by atoms with Crippen molar-refractivity contribution in [3.05, 3.63) is 41.5 Å². The third kappa shape index (κ3) is 4.17. The van der Waals surface area contributed by atoms with Crippen molar-refractivity contribution >= 4 is 37.7 Å². The van der Waals surface area contributed by atoms with E-state index < -0.39 is 25.9 Å². The van der Waals surface area contributed by atoms with Gasteiger partial charge >= 0.3 is 11.9 Å². The second-order valence-electron chi connectivity index (χ2n) is 4.29. The second kappa shape index (κ2) is 7.55. The zero-order valence-corrected chi connectivity index (χ0v) is 14.6. The second-order valence-corrected chi connectivity index (χ2v) is 7.84. The average molecular weight is 391 g/mol. The third-order valence-corrected chi connectivity index (χ3v) is 6.46. The Morgan fingerprint density at radius 3 is 2.14 bits per heavy atom. The summed E-state index contributed by atoms with van der Waals surface area (Å²) in [5.74, 6) is -1.80. The fraction of sp³-hybridized carbons (Fsp3) is 0.286. The molecule has 0 aromatic heterocycles. The molecule has 8 heteroatoms. The number of sulfone groups is 1. The zero-order valence-electron chi connectivity index (χ0n) is 12.2. The van der Waals surface area contributed by atoms with Crippen LogP contribution in [0.5, 0.6) is 0 Å². The van der Waals surface area contributed by atoms with Gasteiger partial charge in [-0.15, -0.1) is 0 Å². The first kappa shape index (κ1) is 18.4. The monoisotopic (exact) mass is 390 g/mol. The van der Waals surface area contributed by atoms with Gasteiger partial charge in [0.2, 0.25) is 0 Å². The van der Waals surface area contributed by atoms with Crippen LogP contribution in [0.25, 0.3) is 0 Å². The predicted molar refractivity (Wildman–Crippen MR) is 83.2 cm³/mol. The van der Waals surface area contributed by atoms with E-state index in [9.17, 15) is 18.0 Å². The van der Waals surface area contributed by atoms with Gasteiger partial charge in [-0.05, 0) is 19.1 Å². The molecule has 0 fully saturated rings. The standard InChI is InChI=1S/C14H15BrO6S/c1-9-4-6-10(7-5-9)22(18,19)13(15)11(14(17)21-3)8-12(16)20-2/h4-8,13H,1-3H3/b11-8-. The number of esters is 2. The topological polar surface area (TPSA) is 86.7 Å². The molecule has 120 valence electrons. The molecule has 0 spiro atoms. The summed E-state index contributed by atoms with van der Waals surface area (Å²) in [4.78, 5) is 23.1. The molecule has 0 saturated heterocycles. The summed E-state index contributed by atoms with van der Waals surface area (Å²) in [6, 6.07) is 6.11. The molecule has 0 heterocycles. The van der Waals surface area contributed by atoms with E-state index in [-0.39, 0.29) is 10.5 Å². The minimum Gasteiger partial charge on any atom is -0.466 e. The van der Waals surface area contributed by atoms with E-state index in [1.165, 1.54) is 12.1 Å². The van der Waals surface area contributed by atoms with Crippen molar-refractivity contribution in [2.45, 2.75) is 16.0 Å². The fourth-order valence-corrected chi connectivity index (χ4v) is 3.75. The Morgan fingerprint density at radius 1 is 1.14 bits per heavy atom. The Morgan fingerprint density at radius 2 is 1.68 bits per heavy atom. The smallest absolute Gasteiger partial charge is 0.336 e. The van der Waals surface area contributed by atoms with Crippen LogP contribution in [0.4, 0.5) is 0 Å². The van der Waals surface area contributed by atoms with E-state index in [1.54, 1.807) is 12.1 Å². The largest absolute Gasteiger partial charge is 0.466 e. The normalized spacial score (nSPS) is 13.4. The molecule has 0 aliphatic heterocycles. The Balaban J connectivity index is 3.31. The molecule has 1 unspecified atom stereocenters. The Kier molecular flexibility index (Phi) is 6.31. The molecule has 0 aliphatic carbocycles. The summed E-state index contributed by atoms with van der Waals surface area (Å²) >= 11 is 2.96. The molecule has 1 aromatic rings. The van der Waals surface area contributed by atoms with Crippen molar-refractivity contribution < 1.29 is 27.5 Å². The van der Waals surface area contributed by atoms with Crippen LogP contribution >= 0.6 is 15.9 Å². The van der Waals surface area contributed by atoms with Crippen LogP contribution in [0, 0.1) is 6.92 Å². The number of benzene rings is 1. The van der Waals surface area contributed by atoms with Crippen molar-refractivity contribution in [1.29, 1.82) is 0 Å². The molecule has 0 N–H and O–H groups in total. The van der Waals surface area contributed by atoms with Crippen molar-refractivity contribution in [2.75, 3.05) is 14.2 Å². The minimum atomic E-state index is -3.92. The summed E-state index contributed by atoms with van der Waals surface area (Å²) in [7, 11) is -1.72. The number of halogens is 1. The van der Waals surface area contributed by atoms with Gasteiger partial charge in [-0.3, -0.25) is 0 Å². The van der Waals surface area contributed by atoms with Crippen molar-refractivity contribution in [3.8, 4) is 0 Å². The molecule has 6 nitrogen and oxygen atoms in total. The van der Waals surface area contributed by atoms with Crippen LogP contribution in [-0.4, -0.2) is 38.7 Å². The molecule has 0 saturated carbocycles. The number of rotatable bonds is 5. The minimum absolute atomic E-state index is 0.0136. The summed E-state index contributed by atoms with van der Waals surface area (Å²) in [6.45, 7) is 1.82. The first-order chi connectivity index (χ1) is 10.2. The number of hydrogen-bond donors (Lipinski definition) is 0. The van der Waals surface area contributed by atoms with Crippen LogP contribution in [0.1, 0.15) is 5.56 Å². The van der Waals surface area contributed by atoms with Gasteiger partial charge in [0.15, 0.2) is 14.0 Å². The highest BCUT2D eigenvalue weighted by atomic mass is 79.9. The molecule has 1 atom stereocenters. The number of hydrogen-bond acceptors (Lipinski definition) is 6. The van der Waals surface area contributed by atoms with Crippen molar-refractivity contribution in [1.82, 2.24) is 0 Å². The van der Waals surface area contributed by atoms with E-state index in [2.05, 4.69) is 25.4 Å². The molecular formula is C14H15BrO6S. The van der Waals surface area contributed by atoms with Gasteiger partial charge in [0.05, 0.1) is 24.7 Å². The van der Waals surface area contributed by atoms with Crippen LogP contribution in [0.2, 0.25) is 0 Å². The first-order valence-corrected chi connectivity index (χ1v) is 8.52. The lowest BCUT2D eigenvalue weighted by Crippen LogP contribution is -2.24. The number of carbonyl (C=O) groups is 2. The van der Waals surface area contributed by atoms with Crippen LogP contribution in [-0.2, 0) is 28.9 Å². The molecular weight excluding hydrogens is 376 g/mol. The highest BCUT2D eigenvalue weighted by Crippen LogP contribution is 2.27. The SMILES string of the molecule is COC(=O)/C=C(\C(=O)OC)C(Br)S(=O)(=O)c1ccc(C)cc1. The van der Waals surface area contributed by atoms with Crippen LogP contribution < -0.4 is 0 Å². The number of aryl methyl sites for hydroxylation is 1. The zero-order chi connectivity index (χ0) is 16.9. The molecule has 0 bridgehead atoms. The van der Waals surface area contributed by atoms with Gasteiger partial charge in [0.25, 0.3) is 0 Å². The van der Waals surface area contributed by atoms with Gasteiger partial charge in [-0.2, -0.15) is 0 Å². The lowest BCUT2D eigenvalue weighted by atomic mass is 10.2. The van der Waals surface area contributed by atoms with Crippen LogP contribution in [0.15, 0.2) is 40.8 Å². The average Bonchev–Trinajstić information content (AvgIpc) is 2.51. The summed E-state index contributed by atoms with van der Waals surface area (Å²) in [6.07, 6.45) is 0.789. The predicted octanol–water partition coefficient (Wildman–Crippen LogP) is 1.76. The summed E-state index contributed by atoms with van der Waals surface area (Å²) in [5, 5.41) is 0. The Hall–Kier alpha value is -1.67. The number of ether oxygens (including phenoxy) is 2. The van der Waals surface area contributed by atoms with Gasteiger partial charge in [-0.1, -0.05) is 33.6 Å². The van der Waals surface area contributed by atoms with Gasteiger partial charge in [-0.25, -0.2) is 18.0 Å². The quantitative estimate of drug-likeness (QED) is 0.432. The maximum atomic E-state index is 12.5. The number of methoxy groups -OCH3 is 2. The molecule has 0 radical (unpaired) electrons. The van der Waals surface area contributed by atoms with Crippen LogP contribution in [0.3, 0.4) is 0 Å². The number of alkyl halides is 1. The van der Waals surface area contributed by atoms with E-state index >= 15 is 0 Å². The van der Waals surface area contributed by atoms with Gasteiger partial charge in [0, 0.05) is 6.08 Å². The molecule has 0 aliphatic rings. The Bertz CT molecular complexity index is 691. The van der Waals surface area contributed by atoms with Gasteiger partial charge in [0.1, 0.15) is 0 Å². The number of carbonyl (C=O) groups excluding carboxylic acids is 2. The first-order valence-electron chi connectivity index (χ1n) is 6.06. The lowest BCUT2D eigenvalue weighted by molar-refractivity contribution is -0.138. The van der Waals surface area contributed by atoms with E-state index in [0.717, 1.165) is 25.9 Å². The Labute approximate surface area is 137 Å². The van der Waals surface area contributed by atoms with E-state index in [4.69, 9.17) is 0 Å². The van der Waals surface area contributed by atoms with E-state index in [0.29, 0.717) is 0 Å².